The second-order valence-corrected chi connectivity index (χ2v) is 9.33. The summed E-state index contributed by atoms with van der Waals surface area (Å²) in [5.74, 6) is 0. The van der Waals surface area contributed by atoms with Crippen molar-refractivity contribution in [3.63, 3.8) is 0 Å². The molecule has 0 aliphatic carbocycles. The molecular weight excluding hydrogens is 473 g/mol. The average Bonchev–Trinajstić information content (AvgIpc) is 3.14. The van der Waals surface area contributed by atoms with Gasteiger partial charge in [0.05, 0.1) is 16.3 Å². The maximum absolute atomic E-state index is 12.1. The summed E-state index contributed by atoms with van der Waals surface area (Å²) < 4.78 is 29.5. The molecule has 2 aromatic heterocycles. The van der Waals surface area contributed by atoms with Crippen LogP contribution in [0, 0.1) is 13.8 Å². The molecule has 0 radical (unpaired) electrons. The van der Waals surface area contributed by atoms with Gasteiger partial charge in [0.25, 0.3) is 0 Å². The van der Waals surface area contributed by atoms with Crippen molar-refractivity contribution in [1.29, 1.82) is 0 Å². The van der Waals surface area contributed by atoms with Crippen LogP contribution in [0.4, 0.5) is 4.79 Å². The van der Waals surface area contributed by atoms with Crippen LogP contribution in [0.5, 0.6) is 0 Å². The van der Waals surface area contributed by atoms with E-state index in [0.29, 0.717) is 6.42 Å². The van der Waals surface area contributed by atoms with Crippen molar-refractivity contribution in [3.05, 3.63) is 101 Å². The van der Waals surface area contributed by atoms with Crippen LogP contribution in [-0.2, 0) is 16.4 Å². The Bertz CT molecular complexity index is 1390. The van der Waals surface area contributed by atoms with Crippen LogP contribution in [0.2, 0.25) is 0 Å². The maximum atomic E-state index is 12.1. The molecule has 0 fully saturated rings. The summed E-state index contributed by atoms with van der Waals surface area (Å²) in [5, 5.41) is 7.24. The molecule has 0 saturated carbocycles. The fourth-order valence-corrected chi connectivity index (χ4v) is 4.59. The van der Waals surface area contributed by atoms with Crippen molar-refractivity contribution in [3.8, 4) is 16.8 Å². The van der Waals surface area contributed by atoms with Crippen molar-refractivity contribution in [2.75, 3.05) is 6.54 Å². The number of aryl methyl sites for hydroxylation is 1. The first-order valence-electron chi connectivity index (χ1n) is 10.7. The number of rotatable bonds is 7. The molecule has 0 bridgehead atoms. The number of benzene rings is 2. The van der Waals surface area contributed by atoms with Crippen molar-refractivity contribution in [2.24, 2.45) is 0 Å². The molecular formula is C25H24N5NaO3S. The number of sulfonamides is 1. The van der Waals surface area contributed by atoms with Crippen molar-refractivity contribution < 1.29 is 42.8 Å². The monoisotopic (exact) mass is 497 g/mol. The fourth-order valence-electron chi connectivity index (χ4n) is 3.74. The van der Waals surface area contributed by atoms with E-state index in [2.05, 4.69) is 34.1 Å². The number of hydrogen-bond donors (Lipinski definition) is 1. The molecule has 2 amide bonds. The summed E-state index contributed by atoms with van der Waals surface area (Å²) in [7, 11) is -4.05. The summed E-state index contributed by atoms with van der Waals surface area (Å²) in [5.41, 5.74) is 6.20. The molecule has 0 aliphatic rings. The first-order chi connectivity index (χ1) is 16.3. The van der Waals surface area contributed by atoms with Gasteiger partial charge in [-0.3, -0.25) is 9.78 Å². The normalized spacial score (nSPS) is 10.9. The van der Waals surface area contributed by atoms with E-state index in [0.717, 1.165) is 33.8 Å². The van der Waals surface area contributed by atoms with Gasteiger partial charge in [-0.05, 0) is 62.2 Å². The van der Waals surface area contributed by atoms with Crippen LogP contribution in [0.1, 0.15) is 17.0 Å². The van der Waals surface area contributed by atoms with Gasteiger partial charge >= 0.3 is 29.6 Å². The summed E-state index contributed by atoms with van der Waals surface area (Å²) in [6, 6.07) is 19.7. The molecule has 0 atom stereocenters. The third-order valence-electron chi connectivity index (χ3n) is 5.38. The van der Waals surface area contributed by atoms with Crippen LogP contribution in [0.25, 0.3) is 21.5 Å². The van der Waals surface area contributed by atoms with Gasteiger partial charge in [-0.2, -0.15) is 5.10 Å². The van der Waals surface area contributed by atoms with Gasteiger partial charge in [0, 0.05) is 23.7 Å². The molecule has 35 heavy (non-hydrogen) atoms. The van der Waals surface area contributed by atoms with Crippen LogP contribution >= 0.6 is 0 Å². The Morgan fingerprint density at radius 3 is 2.29 bits per heavy atom. The van der Waals surface area contributed by atoms with E-state index >= 15 is 0 Å². The van der Waals surface area contributed by atoms with E-state index in [9.17, 15) is 13.2 Å². The SMILES string of the molecule is Cc1nn(-c2ccc(CCNC(=O)[N-]S(=O)(=O)c3ccncc3)cc2)c(C)c1-c1ccccc1.[Na+]. The number of urea groups is 1. The van der Waals surface area contributed by atoms with Gasteiger partial charge in [0.2, 0.25) is 10.0 Å². The van der Waals surface area contributed by atoms with Gasteiger partial charge in [-0.25, -0.2) is 13.1 Å². The van der Waals surface area contributed by atoms with E-state index in [1.54, 1.807) is 0 Å². The first kappa shape index (κ1) is 26.6. The van der Waals surface area contributed by atoms with Crippen LogP contribution < -0.4 is 34.9 Å². The van der Waals surface area contributed by atoms with Crippen molar-refractivity contribution in [2.45, 2.75) is 25.2 Å². The number of carbonyl (C=O) groups is 1. The van der Waals surface area contributed by atoms with E-state index in [-0.39, 0.29) is 41.0 Å². The predicted molar refractivity (Wildman–Crippen MR) is 130 cm³/mol. The smallest absolute Gasteiger partial charge is 0.448 e. The van der Waals surface area contributed by atoms with E-state index in [1.807, 2.05) is 54.1 Å². The number of nitrogens with one attached hydrogen (secondary N) is 1. The quantitative estimate of drug-likeness (QED) is 0.390. The van der Waals surface area contributed by atoms with Crippen LogP contribution in [0.15, 0.2) is 84.0 Å². The van der Waals surface area contributed by atoms with Crippen molar-refractivity contribution in [1.82, 2.24) is 20.1 Å². The Morgan fingerprint density at radius 1 is 0.971 bits per heavy atom. The molecule has 0 aliphatic heterocycles. The molecule has 10 heteroatoms. The van der Waals surface area contributed by atoms with Crippen LogP contribution in [0.3, 0.4) is 0 Å². The second kappa shape index (κ2) is 11.6. The topological polar surface area (TPSA) is 108 Å². The zero-order valence-electron chi connectivity index (χ0n) is 19.8. The maximum Gasteiger partial charge on any atom is 1.00 e. The summed E-state index contributed by atoms with van der Waals surface area (Å²) in [6.45, 7) is 4.31. The number of aromatic nitrogens is 3. The minimum atomic E-state index is -4.05. The van der Waals surface area contributed by atoms with E-state index < -0.39 is 16.1 Å². The predicted octanol–water partition coefficient (Wildman–Crippen LogP) is 1.57. The average molecular weight is 498 g/mol. The summed E-state index contributed by atoms with van der Waals surface area (Å²) in [6.07, 6.45) is 3.19. The van der Waals surface area contributed by atoms with E-state index in [1.165, 1.54) is 24.5 Å². The second-order valence-electron chi connectivity index (χ2n) is 7.72. The molecule has 0 unspecified atom stereocenters. The van der Waals surface area contributed by atoms with Crippen molar-refractivity contribution >= 4 is 16.1 Å². The molecule has 8 nitrogen and oxygen atoms in total. The minimum absolute atomic E-state index is 0. The summed E-state index contributed by atoms with van der Waals surface area (Å²) >= 11 is 0. The molecule has 4 aromatic rings. The Kier molecular flexibility index (Phi) is 8.85. The van der Waals surface area contributed by atoms with Gasteiger partial charge in [-0.15, -0.1) is 0 Å². The minimum Gasteiger partial charge on any atom is -0.448 e. The standard InChI is InChI=1S/C25H25N5O3S.Na/c1-18-24(21-6-4-3-5-7-21)19(2)30(28-18)22-10-8-20(9-11-22)12-17-27-25(31)29-34(32,33)23-13-15-26-16-14-23;/h3-11,13-16H,12,17H2,1-2H3,(H2,27,29,31);/q;+1/p-1. The van der Waals surface area contributed by atoms with Gasteiger partial charge in [0.15, 0.2) is 6.03 Å². The zero-order valence-corrected chi connectivity index (χ0v) is 22.7. The Balaban J connectivity index is 0.00000342. The third kappa shape index (κ3) is 6.37. The largest absolute Gasteiger partial charge is 1.00 e. The van der Waals surface area contributed by atoms with Gasteiger partial charge < -0.3 is 10.0 Å². The number of pyridine rings is 1. The van der Waals surface area contributed by atoms with Crippen LogP contribution in [-0.4, -0.2) is 35.8 Å². The van der Waals surface area contributed by atoms with Gasteiger partial charge in [-0.1, -0.05) is 42.5 Å². The number of carbonyl (C=O) groups excluding carboxylic acids is 1. The zero-order chi connectivity index (χ0) is 24.1. The molecule has 0 spiro atoms. The molecule has 2 aromatic carbocycles. The number of nitrogens with zero attached hydrogens (tertiary/aromatic N) is 4. The number of amides is 2. The van der Waals surface area contributed by atoms with Gasteiger partial charge in [0.1, 0.15) is 0 Å². The molecule has 1 N–H and O–H groups in total. The molecule has 0 saturated heterocycles. The Hall–Kier alpha value is -2.98. The Morgan fingerprint density at radius 2 is 1.63 bits per heavy atom. The van der Waals surface area contributed by atoms with E-state index in [4.69, 9.17) is 5.10 Å². The fraction of sp³-hybridized carbons (Fsp3) is 0.160. The first-order valence-corrected chi connectivity index (χ1v) is 12.2. The Labute approximate surface area is 227 Å². The molecule has 2 heterocycles. The third-order valence-corrected chi connectivity index (χ3v) is 6.65. The molecule has 4 rings (SSSR count). The number of hydrogen-bond acceptors (Lipinski definition) is 5. The summed E-state index contributed by atoms with van der Waals surface area (Å²) in [4.78, 5) is 15.6. The molecule has 174 valence electrons.